The molecule has 1 nitrogen and oxygen atoms in total. The van der Waals surface area contributed by atoms with Crippen LogP contribution in [0.3, 0.4) is 0 Å². The maximum atomic E-state index is 10.5. The average Bonchev–Trinajstić information content (AvgIpc) is 1.89. The molecule has 0 aliphatic carbocycles. The van der Waals surface area contributed by atoms with E-state index in [1.807, 2.05) is 6.08 Å². The Kier molecular flexibility index (Phi) is 5.64. The second-order valence-electron chi connectivity index (χ2n) is 1.79. The van der Waals surface area contributed by atoms with Crippen LogP contribution in [0, 0.1) is 0 Å². The molecule has 0 atom stereocenters. The van der Waals surface area contributed by atoms with Gasteiger partial charge in [-0.3, -0.25) is 4.79 Å². The summed E-state index contributed by atoms with van der Waals surface area (Å²) in [4.78, 5) is 10.5. The van der Waals surface area contributed by atoms with Crippen LogP contribution in [-0.4, -0.2) is 11.7 Å². The molecule has 0 unspecified atom stereocenters. The number of unbranched alkanes of at least 4 members (excludes halogenated alkanes) is 1. The lowest BCUT2D eigenvalue weighted by atomic mass is 10.3. The van der Waals surface area contributed by atoms with E-state index in [0.29, 0.717) is 0 Å². The van der Waals surface area contributed by atoms with Gasteiger partial charge in [-0.15, -0.1) is 11.6 Å². The van der Waals surface area contributed by atoms with Crippen LogP contribution < -0.4 is 0 Å². The lowest BCUT2D eigenvalue weighted by molar-refractivity contribution is -0.112. The van der Waals surface area contributed by atoms with Crippen molar-refractivity contribution in [2.24, 2.45) is 0 Å². The summed E-state index contributed by atoms with van der Waals surface area (Å²) in [5.41, 5.74) is 0. The second kappa shape index (κ2) is 5.83. The van der Waals surface area contributed by atoms with Crippen molar-refractivity contribution in [3.05, 3.63) is 12.2 Å². The smallest absolute Gasteiger partial charge is 0.170 e. The van der Waals surface area contributed by atoms with Gasteiger partial charge < -0.3 is 0 Å². The molecule has 0 radical (unpaired) electrons. The molecule has 0 aromatic heterocycles. The molecule has 0 saturated carbocycles. The Bertz CT molecular complexity index is 107. The first kappa shape index (κ1) is 8.70. The molecule has 0 spiro atoms. The summed E-state index contributed by atoms with van der Waals surface area (Å²) in [6, 6.07) is 0. The summed E-state index contributed by atoms with van der Waals surface area (Å²) >= 11 is 5.23. The van der Waals surface area contributed by atoms with E-state index < -0.39 is 0 Å². The van der Waals surface area contributed by atoms with Crippen molar-refractivity contribution in [1.82, 2.24) is 0 Å². The van der Waals surface area contributed by atoms with Crippen molar-refractivity contribution in [3.8, 4) is 0 Å². The van der Waals surface area contributed by atoms with Crippen molar-refractivity contribution in [2.75, 3.05) is 5.88 Å². The monoisotopic (exact) mass is 146 g/mol. The maximum absolute atomic E-state index is 10.5. The van der Waals surface area contributed by atoms with Gasteiger partial charge in [0.15, 0.2) is 5.78 Å². The normalized spacial score (nSPS) is 10.4. The third-order valence-electron chi connectivity index (χ3n) is 0.891. The summed E-state index contributed by atoms with van der Waals surface area (Å²) in [5, 5.41) is 0. The molecule has 52 valence electrons. The third-order valence-corrected chi connectivity index (χ3v) is 1.15. The highest BCUT2D eigenvalue weighted by Gasteiger charge is 1.88. The highest BCUT2D eigenvalue weighted by atomic mass is 35.5. The quantitative estimate of drug-likeness (QED) is 0.439. The van der Waals surface area contributed by atoms with Gasteiger partial charge in [0.25, 0.3) is 0 Å². The summed E-state index contributed by atoms with van der Waals surface area (Å²) in [7, 11) is 0. The Morgan fingerprint density at radius 2 is 2.33 bits per heavy atom. The van der Waals surface area contributed by atoms with Crippen LogP contribution in [0.4, 0.5) is 0 Å². The molecule has 9 heavy (non-hydrogen) atoms. The van der Waals surface area contributed by atoms with Crippen LogP contribution in [0.15, 0.2) is 12.2 Å². The Balaban J connectivity index is 3.32. The van der Waals surface area contributed by atoms with E-state index in [9.17, 15) is 4.79 Å². The topological polar surface area (TPSA) is 17.1 Å². The van der Waals surface area contributed by atoms with Crippen LogP contribution in [-0.2, 0) is 4.79 Å². The van der Waals surface area contributed by atoms with Crippen LogP contribution in [0.5, 0.6) is 0 Å². The molecule has 0 fully saturated rings. The van der Waals surface area contributed by atoms with Gasteiger partial charge in [-0.2, -0.15) is 0 Å². The van der Waals surface area contributed by atoms with Crippen molar-refractivity contribution in [1.29, 1.82) is 0 Å². The average molecular weight is 147 g/mol. The molecule has 0 bridgehead atoms. The van der Waals surface area contributed by atoms with Crippen LogP contribution in [0.25, 0.3) is 0 Å². The number of alkyl halides is 1. The fourth-order valence-corrected chi connectivity index (χ4v) is 0.515. The van der Waals surface area contributed by atoms with E-state index in [1.54, 1.807) is 0 Å². The number of carbonyl (C=O) groups is 1. The first-order valence-electron chi connectivity index (χ1n) is 3.06. The molecule has 0 amide bonds. The molecule has 0 aromatic carbocycles. The van der Waals surface area contributed by atoms with Crippen molar-refractivity contribution in [2.45, 2.75) is 19.8 Å². The lowest BCUT2D eigenvalue weighted by Gasteiger charge is -1.82. The lowest BCUT2D eigenvalue weighted by Crippen LogP contribution is -1.91. The second-order valence-corrected chi connectivity index (χ2v) is 2.06. The number of carbonyl (C=O) groups excluding carboxylic acids is 1. The summed E-state index contributed by atoms with van der Waals surface area (Å²) in [6.07, 6.45) is 5.43. The fourth-order valence-electron chi connectivity index (χ4n) is 0.426. The molecule has 0 N–H and O–H groups in total. The fraction of sp³-hybridized carbons (Fsp3) is 0.571. The van der Waals surface area contributed by atoms with Gasteiger partial charge in [0.2, 0.25) is 0 Å². The van der Waals surface area contributed by atoms with Gasteiger partial charge in [-0.1, -0.05) is 19.4 Å². The zero-order valence-corrected chi connectivity index (χ0v) is 6.32. The zero-order valence-electron chi connectivity index (χ0n) is 5.56. The van der Waals surface area contributed by atoms with E-state index in [1.165, 1.54) is 6.08 Å². The molecular weight excluding hydrogens is 136 g/mol. The molecular formula is C7H11ClO. The highest BCUT2D eigenvalue weighted by molar-refractivity contribution is 6.29. The molecule has 0 heterocycles. The number of ketones is 1. The van der Waals surface area contributed by atoms with Gasteiger partial charge in [-0.25, -0.2) is 0 Å². The van der Waals surface area contributed by atoms with Crippen LogP contribution in [0.1, 0.15) is 19.8 Å². The third kappa shape index (κ3) is 5.57. The summed E-state index contributed by atoms with van der Waals surface area (Å²) < 4.78 is 0. The van der Waals surface area contributed by atoms with Gasteiger partial charge in [0.05, 0.1) is 5.88 Å². The molecule has 2 heteroatoms. The van der Waals surface area contributed by atoms with E-state index in [2.05, 4.69) is 6.92 Å². The van der Waals surface area contributed by atoms with Gasteiger partial charge in [0, 0.05) is 0 Å². The highest BCUT2D eigenvalue weighted by Crippen LogP contribution is 1.89. The number of hydrogen-bond acceptors (Lipinski definition) is 1. The number of hydrogen-bond donors (Lipinski definition) is 0. The van der Waals surface area contributed by atoms with Crippen LogP contribution >= 0.6 is 11.6 Å². The van der Waals surface area contributed by atoms with E-state index >= 15 is 0 Å². The molecule has 0 rings (SSSR count). The zero-order chi connectivity index (χ0) is 7.11. The Hall–Kier alpha value is -0.300. The first-order valence-corrected chi connectivity index (χ1v) is 3.60. The van der Waals surface area contributed by atoms with Crippen LogP contribution in [0.2, 0.25) is 0 Å². The van der Waals surface area contributed by atoms with E-state index in [-0.39, 0.29) is 11.7 Å². The van der Waals surface area contributed by atoms with E-state index in [4.69, 9.17) is 11.6 Å². The largest absolute Gasteiger partial charge is 0.294 e. The molecule has 0 aliphatic rings. The Labute approximate surface area is 60.7 Å². The van der Waals surface area contributed by atoms with Crippen molar-refractivity contribution >= 4 is 17.4 Å². The van der Waals surface area contributed by atoms with E-state index in [0.717, 1.165) is 12.8 Å². The number of rotatable bonds is 4. The number of halogens is 1. The Morgan fingerprint density at radius 3 is 2.78 bits per heavy atom. The minimum atomic E-state index is -0.00915. The van der Waals surface area contributed by atoms with Crippen molar-refractivity contribution < 1.29 is 4.79 Å². The van der Waals surface area contributed by atoms with Gasteiger partial charge in [0.1, 0.15) is 0 Å². The number of allylic oxidation sites excluding steroid dienone is 2. The molecule has 0 aliphatic heterocycles. The molecule has 0 saturated heterocycles. The predicted molar refractivity (Wildman–Crippen MR) is 39.8 cm³/mol. The standard InChI is InChI=1S/C7H11ClO/c1-2-3-4-5-7(9)6-8/h4-5H,2-3,6H2,1H3/b5-4+. The first-order chi connectivity index (χ1) is 4.31. The minimum Gasteiger partial charge on any atom is -0.294 e. The van der Waals surface area contributed by atoms with Gasteiger partial charge >= 0.3 is 0 Å². The predicted octanol–water partition coefficient (Wildman–Crippen LogP) is 2.15. The SMILES string of the molecule is CCC/C=C/C(=O)CCl. The summed E-state index contributed by atoms with van der Waals surface area (Å²) in [5.74, 6) is 0.0883. The molecule has 0 aromatic rings. The van der Waals surface area contributed by atoms with Crippen molar-refractivity contribution in [3.63, 3.8) is 0 Å². The maximum Gasteiger partial charge on any atom is 0.170 e. The van der Waals surface area contributed by atoms with Gasteiger partial charge in [-0.05, 0) is 12.5 Å². The minimum absolute atomic E-state index is 0.00915. The summed E-state index contributed by atoms with van der Waals surface area (Å²) in [6.45, 7) is 2.06. The Morgan fingerprint density at radius 1 is 1.67 bits per heavy atom.